The number of nitrogens with zero attached hydrogens (tertiary/aromatic N) is 1. The van der Waals surface area contributed by atoms with Crippen LogP contribution in [0.1, 0.15) is 28.8 Å². The SMILES string of the molecule is O=C(C=Cc1c(F)cccc1F)Nc1cc(Cl)ccc1C(=O)N1CCCC1. The van der Waals surface area contributed by atoms with Crippen molar-refractivity contribution >= 4 is 35.2 Å². The van der Waals surface area contributed by atoms with Gasteiger partial charge in [0.05, 0.1) is 11.3 Å². The number of likely N-dealkylation sites (tertiary alicyclic amines) is 1. The summed E-state index contributed by atoms with van der Waals surface area (Å²) < 4.78 is 27.3. The fraction of sp³-hybridized carbons (Fsp3) is 0.200. The third-order valence-electron chi connectivity index (χ3n) is 4.26. The molecule has 27 heavy (non-hydrogen) atoms. The number of rotatable bonds is 4. The number of amides is 2. The Morgan fingerprint density at radius 1 is 1.07 bits per heavy atom. The molecule has 140 valence electrons. The monoisotopic (exact) mass is 390 g/mol. The third kappa shape index (κ3) is 4.52. The van der Waals surface area contributed by atoms with E-state index >= 15 is 0 Å². The van der Waals surface area contributed by atoms with Crippen molar-refractivity contribution in [3.05, 3.63) is 70.3 Å². The van der Waals surface area contributed by atoms with E-state index in [1.54, 1.807) is 17.0 Å². The van der Waals surface area contributed by atoms with E-state index in [0.717, 1.165) is 37.1 Å². The lowest BCUT2D eigenvalue weighted by Gasteiger charge is -2.18. The highest BCUT2D eigenvalue weighted by Crippen LogP contribution is 2.24. The van der Waals surface area contributed by atoms with Gasteiger partial charge in [0.2, 0.25) is 5.91 Å². The molecule has 0 spiro atoms. The highest BCUT2D eigenvalue weighted by molar-refractivity contribution is 6.31. The second-order valence-electron chi connectivity index (χ2n) is 6.15. The molecule has 3 rings (SSSR count). The molecule has 0 aliphatic carbocycles. The van der Waals surface area contributed by atoms with Crippen molar-refractivity contribution in [2.45, 2.75) is 12.8 Å². The number of benzene rings is 2. The normalized spacial score (nSPS) is 14.0. The fourth-order valence-corrected chi connectivity index (χ4v) is 3.07. The molecule has 0 saturated carbocycles. The molecule has 0 aromatic heterocycles. The molecule has 0 unspecified atom stereocenters. The van der Waals surface area contributed by atoms with E-state index in [1.165, 1.54) is 12.1 Å². The Kier molecular flexibility index (Phi) is 5.86. The minimum absolute atomic E-state index is 0.191. The van der Waals surface area contributed by atoms with Crippen LogP contribution in [-0.2, 0) is 4.79 Å². The number of nitrogens with one attached hydrogen (secondary N) is 1. The summed E-state index contributed by atoms with van der Waals surface area (Å²) >= 11 is 5.99. The van der Waals surface area contributed by atoms with Gasteiger partial charge in [-0.3, -0.25) is 9.59 Å². The second-order valence-corrected chi connectivity index (χ2v) is 6.58. The molecule has 2 aromatic carbocycles. The maximum absolute atomic E-state index is 13.6. The van der Waals surface area contributed by atoms with Gasteiger partial charge < -0.3 is 10.2 Å². The first-order valence-corrected chi connectivity index (χ1v) is 8.85. The molecule has 1 aliphatic rings. The Morgan fingerprint density at radius 3 is 2.41 bits per heavy atom. The van der Waals surface area contributed by atoms with Crippen molar-refractivity contribution in [3.63, 3.8) is 0 Å². The highest BCUT2D eigenvalue weighted by atomic mass is 35.5. The van der Waals surface area contributed by atoms with Gasteiger partial charge in [0.25, 0.3) is 5.91 Å². The predicted molar refractivity (Wildman–Crippen MR) is 101 cm³/mol. The molecule has 1 heterocycles. The van der Waals surface area contributed by atoms with Crippen LogP contribution in [0, 0.1) is 11.6 Å². The summed E-state index contributed by atoms with van der Waals surface area (Å²) in [5.41, 5.74) is 0.260. The number of hydrogen-bond donors (Lipinski definition) is 1. The number of hydrogen-bond acceptors (Lipinski definition) is 2. The molecule has 2 amide bonds. The van der Waals surface area contributed by atoms with E-state index in [9.17, 15) is 18.4 Å². The molecular weight excluding hydrogens is 374 g/mol. The number of carbonyl (C=O) groups excluding carboxylic acids is 2. The molecule has 1 aliphatic heterocycles. The number of carbonyl (C=O) groups is 2. The molecule has 0 radical (unpaired) electrons. The van der Waals surface area contributed by atoms with Crippen LogP contribution in [0.5, 0.6) is 0 Å². The van der Waals surface area contributed by atoms with E-state index in [1.807, 2.05) is 0 Å². The van der Waals surface area contributed by atoms with Crippen molar-refractivity contribution in [2.75, 3.05) is 18.4 Å². The summed E-state index contributed by atoms with van der Waals surface area (Å²) in [4.78, 5) is 26.6. The van der Waals surface area contributed by atoms with Gasteiger partial charge in [0.1, 0.15) is 11.6 Å². The first-order chi connectivity index (χ1) is 13.0. The van der Waals surface area contributed by atoms with Crippen molar-refractivity contribution < 1.29 is 18.4 Å². The Balaban J connectivity index is 1.80. The molecule has 4 nitrogen and oxygen atoms in total. The minimum atomic E-state index is -0.772. The van der Waals surface area contributed by atoms with Gasteiger partial charge in [0, 0.05) is 29.8 Å². The predicted octanol–water partition coefficient (Wildman–Crippen LogP) is 4.51. The maximum Gasteiger partial charge on any atom is 0.255 e. The Labute approximate surface area is 160 Å². The van der Waals surface area contributed by atoms with Gasteiger partial charge >= 0.3 is 0 Å². The highest BCUT2D eigenvalue weighted by Gasteiger charge is 2.22. The number of halogens is 3. The zero-order valence-corrected chi connectivity index (χ0v) is 15.1. The molecule has 7 heteroatoms. The zero-order valence-electron chi connectivity index (χ0n) is 14.3. The quantitative estimate of drug-likeness (QED) is 0.781. The molecule has 0 bridgehead atoms. The van der Waals surface area contributed by atoms with E-state index < -0.39 is 17.5 Å². The molecule has 1 fully saturated rings. The maximum atomic E-state index is 13.6. The first kappa shape index (κ1) is 19.0. The van der Waals surface area contributed by atoms with E-state index in [0.29, 0.717) is 23.7 Å². The van der Waals surface area contributed by atoms with Gasteiger partial charge in [0.15, 0.2) is 0 Å². The Bertz CT molecular complexity index is 889. The Hall–Kier alpha value is -2.73. The third-order valence-corrected chi connectivity index (χ3v) is 4.50. The van der Waals surface area contributed by atoms with Crippen molar-refractivity contribution in [2.24, 2.45) is 0 Å². The van der Waals surface area contributed by atoms with Crippen molar-refractivity contribution in [1.82, 2.24) is 4.90 Å². The standard InChI is InChI=1S/C20H17ClF2N2O2/c21-13-6-7-15(20(27)25-10-1-2-11-25)18(12-13)24-19(26)9-8-14-16(22)4-3-5-17(14)23/h3-9,12H,1-2,10-11H2,(H,24,26). The summed E-state index contributed by atoms with van der Waals surface area (Å²) in [6.07, 6.45) is 3.94. The van der Waals surface area contributed by atoms with Crippen LogP contribution in [0.2, 0.25) is 5.02 Å². The van der Waals surface area contributed by atoms with Crippen LogP contribution >= 0.6 is 11.6 Å². The Morgan fingerprint density at radius 2 is 1.74 bits per heavy atom. The lowest BCUT2D eigenvalue weighted by molar-refractivity contribution is -0.111. The van der Waals surface area contributed by atoms with Gasteiger partial charge in [-0.15, -0.1) is 0 Å². The van der Waals surface area contributed by atoms with Gasteiger partial charge in [-0.1, -0.05) is 17.7 Å². The van der Waals surface area contributed by atoms with Gasteiger partial charge in [-0.25, -0.2) is 8.78 Å². The second kappa shape index (κ2) is 8.31. The molecular formula is C20H17ClF2N2O2. The number of anilines is 1. The van der Waals surface area contributed by atoms with Crippen LogP contribution in [-0.4, -0.2) is 29.8 Å². The minimum Gasteiger partial charge on any atom is -0.339 e. The van der Waals surface area contributed by atoms with E-state index in [2.05, 4.69) is 5.32 Å². The topological polar surface area (TPSA) is 49.4 Å². The molecule has 2 aromatic rings. The molecule has 0 atom stereocenters. The summed E-state index contributed by atoms with van der Waals surface area (Å²) in [7, 11) is 0. The summed E-state index contributed by atoms with van der Waals surface area (Å²) in [5.74, 6) is -2.36. The zero-order chi connectivity index (χ0) is 19.4. The van der Waals surface area contributed by atoms with E-state index in [4.69, 9.17) is 11.6 Å². The lowest BCUT2D eigenvalue weighted by Crippen LogP contribution is -2.28. The summed E-state index contributed by atoms with van der Waals surface area (Å²) in [5, 5.41) is 2.92. The summed E-state index contributed by atoms with van der Waals surface area (Å²) in [6.45, 7) is 1.34. The molecule has 1 saturated heterocycles. The van der Waals surface area contributed by atoms with Crippen LogP contribution in [0.25, 0.3) is 6.08 Å². The van der Waals surface area contributed by atoms with Crippen molar-refractivity contribution in [3.8, 4) is 0 Å². The van der Waals surface area contributed by atoms with Gasteiger partial charge in [-0.05, 0) is 49.2 Å². The van der Waals surface area contributed by atoms with Crippen LogP contribution in [0.4, 0.5) is 14.5 Å². The fourth-order valence-electron chi connectivity index (χ4n) is 2.90. The van der Waals surface area contributed by atoms with Crippen LogP contribution in [0.3, 0.4) is 0 Å². The molecule has 1 N–H and O–H groups in total. The summed E-state index contributed by atoms with van der Waals surface area (Å²) in [6, 6.07) is 8.05. The smallest absolute Gasteiger partial charge is 0.255 e. The lowest BCUT2D eigenvalue weighted by atomic mass is 10.1. The van der Waals surface area contributed by atoms with Crippen molar-refractivity contribution in [1.29, 1.82) is 0 Å². The van der Waals surface area contributed by atoms with Crippen LogP contribution in [0.15, 0.2) is 42.5 Å². The largest absolute Gasteiger partial charge is 0.339 e. The average molecular weight is 391 g/mol. The van der Waals surface area contributed by atoms with Gasteiger partial charge in [-0.2, -0.15) is 0 Å². The average Bonchev–Trinajstić information content (AvgIpc) is 3.15. The first-order valence-electron chi connectivity index (χ1n) is 8.47. The van der Waals surface area contributed by atoms with E-state index in [-0.39, 0.29) is 17.2 Å². The van der Waals surface area contributed by atoms with Crippen LogP contribution < -0.4 is 5.32 Å².